The number of aliphatic hydroxyl groups is 1. The molecule has 2 aromatic rings. The highest BCUT2D eigenvalue weighted by atomic mass is 32.1. The SMILES string of the molecule is Cc1ncsc1C(=O)NCC(O)c1ccc(N)cc1. The summed E-state index contributed by atoms with van der Waals surface area (Å²) in [7, 11) is 0. The van der Waals surface area contributed by atoms with Crippen LogP contribution >= 0.6 is 11.3 Å². The first-order chi connectivity index (χ1) is 9.08. The fourth-order valence-corrected chi connectivity index (χ4v) is 2.34. The lowest BCUT2D eigenvalue weighted by atomic mass is 10.1. The second-order valence-electron chi connectivity index (χ2n) is 4.16. The maximum Gasteiger partial charge on any atom is 0.263 e. The third kappa shape index (κ3) is 3.30. The molecule has 1 aromatic carbocycles. The number of aliphatic hydroxyl groups excluding tert-OH is 1. The van der Waals surface area contributed by atoms with Gasteiger partial charge in [-0.25, -0.2) is 4.98 Å². The van der Waals surface area contributed by atoms with E-state index in [9.17, 15) is 9.90 Å². The summed E-state index contributed by atoms with van der Waals surface area (Å²) in [4.78, 5) is 16.4. The Hall–Kier alpha value is -1.92. The van der Waals surface area contributed by atoms with Crippen molar-refractivity contribution in [2.24, 2.45) is 0 Å². The second-order valence-corrected chi connectivity index (χ2v) is 5.01. The molecule has 1 aromatic heterocycles. The van der Waals surface area contributed by atoms with E-state index in [2.05, 4.69) is 10.3 Å². The first-order valence-electron chi connectivity index (χ1n) is 5.79. The number of nitrogens with two attached hydrogens (primary N) is 1. The van der Waals surface area contributed by atoms with Gasteiger partial charge in [0.15, 0.2) is 0 Å². The number of hydrogen-bond donors (Lipinski definition) is 3. The van der Waals surface area contributed by atoms with Crippen molar-refractivity contribution in [2.75, 3.05) is 12.3 Å². The number of benzene rings is 1. The van der Waals surface area contributed by atoms with Gasteiger partial charge >= 0.3 is 0 Å². The topological polar surface area (TPSA) is 88.2 Å². The molecule has 4 N–H and O–H groups in total. The van der Waals surface area contributed by atoms with Gasteiger partial charge in [0.1, 0.15) is 4.88 Å². The van der Waals surface area contributed by atoms with E-state index in [0.29, 0.717) is 16.3 Å². The predicted octanol–water partition coefficient (Wildman–Crippen LogP) is 1.50. The quantitative estimate of drug-likeness (QED) is 0.739. The van der Waals surface area contributed by atoms with Gasteiger partial charge in [-0.2, -0.15) is 0 Å². The molecule has 0 aliphatic rings. The lowest BCUT2D eigenvalue weighted by Gasteiger charge is -2.12. The number of aryl methyl sites for hydroxylation is 1. The van der Waals surface area contributed by atoms with Gasteiger partial charge in [-0.05, 0) is 24.6 Å². The minimum Gasteiger partial charge on any atom is -0.399 e. The monoisotopic (exact) mass is 277 g/mol. The van der Waals surface area contributed by atoms with Gasteiger partial charge < -0.3 is 16.2 Å². The molecular weight excluding hydrogens is 262 g/mol. The van der Waals surface area contributed by atoms with Gasteiger partial charge in [0.05, 0.1) is 17.3 Å². The van der Waals surface area contributed by atoms with Gasteiger partial charge in [0.2, 0.25) is 0 Å². The first kappa shape index (κ1) is 13.5. The fraction of sp³-hybridized carbons (Fsp3) is 0.231. The van der Waals surface area contributed by atoms with Crippen LogP contribution in [0.5, 0.6) is 0 Å². The van der Waals surface area contributed by atoms with Crippen LogP contribution in [0.2, 0.25) is 0 Å². The number of nitrogens with one attached hydrogen (secondary N) is 1. The number of anilines is 1. The van der Waals surface area contributed by atoms with Crippen molar-refractivity contribution in [3.63, 3.8) is 0 Å². The van der Waals surface area contributed by atoms with E-state index in [0.717, 1.165) is 5.56 Å². The summed E-state index contributed by atoms with van der Waals surface area (Å²) < 4.78 is 0. The highest BCUT2D eigenvalue weighted by Gasteiger charge is 2.14. The molecule has 0 saturated heterocycles. The number of amides is 1. The number of hydrogen-bond acceptors (Lipinski definition) is 5. The zero-order chi connectivity index (χ0) is 13.8. The Labute approximate surface area is 115 Å². The first-order valence-corrected chi connectivity index (χ1v) is 6.67. The van der Waals surface area contributed by atoms with Gasteiger partial charge in [-0.1, -0.05) is 12.1 Å². The maximum absolute atomic E-state index is 11.8. The van der Waals surface area contributed by atoms with Crippen LogP contribution in [-0.4, -0.2) is 22.5 Å². The summed E-state index contributed by atoms with van der Waals surface area (Å²) in [5, 5.41) is 12.6. The summed E-state index contributed by atoms with van der Waals surface area (Å²) in [5.74, 6) is -0.213. The molecule has 6 heteroatoms. The second kappa shape index (κ2) is 5.81. The smallest absolute Gasteiger partial charge is 0.263 e. The van der Waals surface area contributed by atoms with Crippen molar-refractivity contribution in [1.29, 1.82) is 0 Å². The Kier molecular flexibility index (Phi) is 4.13. The lowest BCUT2D eigenvalue weighted by Crippen LogP contribution is -2.28. The summed E-state index contributed by atoms with van der Waals surface area (Å²) in [6, 6.07) is 6.91. The summed E-state index contributed by atoms with van der Waals surface area (Å²) in [6.45, 7) is 1.93. The number of carbonyl (C=O) groups is 1. The minimum atomic E-state index is -0.752. The Bertz CT molecular complexity index is 566. The van der Waals surface area contributed by atoms with Crippen LogP contribution in [0.1, 0.15) is 27.0 Å². The third-order valence-electron chi connectivity index (χ3n) is 2.73. The van der Waals surface area contributed by atoms with Gasteiger partial charge in [0, 0.05) is 12.2 Å². The van der Waals surface area contributed by atoms with Crippen LogP contribution in [0.3, 0.4) is 0 Å². The van der Waals surface area contributed by atoms with Crippen molar-refractivity contribution >= 4 is 22.9 Å². The van der Waals surface area contributed by atoms with Crippen molar-refractivity contribution < 1.29 is 9.90 Å². The number of nitrogen functional groups attached to an aromatic ring is 1. The average Bonchev–Trinajstić information content (AvgIpc) is 2.83. The molecule has 0 bridgehead atoms. The molecule has 0 aliphatic carbocycles. The van der Waals surface area contributed by atoms with Gasteiger partial charge in [0.25, 0.3) is 5.91 Å². The molecule has 1 heterocycles. The molecule has 0 fully saturated rings. The molecule has 0 aliphatic heterocycles. The van der Waals surface area contributed by atoms with Crippen molar-refractivity contribution in [2.45, 2.75) is 13.0 Å². The van der Waals surface area contributed by atoms with E-state index in [-0.39, 0.29) is 12.5 Å². The van der Waals surface area contributed by atoms with Crippen LogP contribution in [-0.2, 0) is 0 Å². The molecule has 5 nitrogen and oxygen atoms in total. The third-order valence-corrected chi connectivity index (χ3v) is 3.66. The van der Waals surface area contributed by atoms with Crippen LogP contribution in [0.25, 0.3) is 0 Å². The largest absolute Gasteiger partial charge is 0.399 e. The Morgan fingerprint density at radius 2 is 2.16 bits per heavy atom. The Morgan fingerprint density at radius 1 is 1.47 bits per heavy atom. The normalized spacial score (nSPS) is 12.1. The number of thiazole rings is 1. The summed E-state index contributed by atoms with van der Waals surface area (Å²) in [6.07, 6.45) is -0.752. The predicted molar refractivity (Wildman–Crippen MR) is 75.0 cm³/mol. The molecule has 2 rings (SSSR count). The van der Waals surface area contributed by atoms with Gasteiger partial charge in [-0.15, -0.1) is 11.3 Å². The summed E-state index contributed by atoms with van der Waals surface area (Å²) >= 11 is 1.29. The van der Waals surface area contributed by atoms with E-state index in [4.69, 9.17) is 5.73 Å². The Balaban J connectivity index is 1.94. The number of aromatic nitrogens is 1. The van der Waals surface area contributed by atoms with E-state index < -0.39 is 6.10 Å². The maximum atomic E-state index is 11.8. The zero-order valence-electron chi connectivity index (χ0n) is 10.5. The minimum absolute atomic E-state index is 0.153. The van der Waals surface area contributed by atoms with Crippen molar-refractivity contribution in [1.82, 2.24) is 10.3 Å². The van der Waals surface area contributed by atoms with Crippen molar-refractivity contribution in [3.05, 3.63) is 45.9 Å². The van der Waals surface area contributed by atoms with Crippen LogP contribution < -0.4 is 11.1 Å². The molecule has 0 radical (unpaired) electrons. The molecule has 1 amide bonds. The number of rotatable bonds is 4. The van der Waals surface area contributed by atoms with Crippen LogP contribution in [0.4, 0.5) is 5.69 Å². The fourth-order valence-electron chi connectivity index (χ4n) is 1.63. The molecule has 1 unspecified atom stereocenters. The van der Waals surface area contributed by atoms with Crippen LogP contribution in [0.15, 0.2) is 29.8 Å². The van der Waals surface area contributed by atoms with E-state index in [1.54, 1.807) is 36.7 Å². The molecule has 19 heavy (non-hydrogen) atoms. The Morgan fingerprint density at radius 3 is 2.74 bits per heavy atom. The number of nitrogens with zero attached hydrogens (tertiary/aromatic N) is 1. The van der Waals surface area contributed by atoms with E-state index in [1.165, 1.54) is 11.3 Å². The average molecular weight is 277 g/mol. The summed E-state index contributed by atoms with van der Waals surface area (Å²) in [5.41, 5.74) is 9.25. The zero-order valence-corrected chi connectivity index (χ0v) is 11.3. The number of carbonyl (C=O) groups excluding carboxylic acids is 1. The van der Waals surface area contributed by atoms with Crippen molar-refractivity contribution in [3.8, 4) is 0 Å². The highest BCUT2D eigenvalue weighted by molar-refractivity contribution is 7.11. The molecular formula is C13H15N3O2S. The standard InChI is InChI=1S/C13H15N3O2S/c1-8-12(19-7-16-8)13(18)15-6-11(17)9-2-4-10(14)5-3-9/h2-5,7,11,17H,6,14H2,1H3,(H,15,18). The molecule has 1 atom stereocenters. The van der Waals surface area contributed by atoms with E-state index >= 15 is 0 Å². The molecule has 0 saturated carbocycles. The highest BCUT2D eigenvalue weighted by Crippen LogP contribution is 2.15. The molecule has 0 spiro atoms. The van der Waals surface area contributed by atoms with Crippen LogP contribution in [0, 0.1) is 6.92 Å². The van der Waals surface area contributed by atoms with Gasteiger partial charge in [-0.3, -0.25) is 4.79 Å². The molecule has 100 valence electrons. The van der Waals surface area contributed by atoms with E-state index in [1.807, 2.05) is 0 Å². The lowest BCUT2D eigenvalue weighted by molar-refractivity contribution is 0.0919.